The summed E-state index contributed by atoms with van der Waals surface area (Å²) in [4.78, 5) is 44.9. The minimum absolute atomic E-state index is 0.140. The normalized spacial score (nSPS) is 20.4. The molecule has 0 aromatic rings. The lowest BCUT2D eigenvalue weighted by Gasteiger charge is -2.09. The smallest absolute Gasteiger partial charge is 0.323 e. The fourth-order valence-electron chi connectivity index (χ4n) is 1.16. The van der Waals surface area contributed by atoms with Gasteiger partial charge < -0.3 is 5.32 Å². The second kappa shape index (κ2) is 4.05. The number of nitrogens with two attached hydrogens (primary N) is 1. The molecule has 1 fully saturated rings. The van der Waals surface area contributed by atoms with E-state index in [1.807, 2.05) is 0 Å². The van der Waals surface area contributed by atoms with Crippen LogP contribution in [0.25, 0.3) is 0 Å². The number of nitrogens with one attached hydrogen (secondary N) is 2. The predicted octanol–water partition coefficient (Wildman–Crippen LogP) is -3.15. The largest absolute Gasteiger partial charge is 0.335 e. The third-order valence-corrected chi connectivity index (χ3v) is 2.02. The Morgan fingerprint density at radius 3 is 2.40 bits per heavy atom. The molecule has 1 aliphatic heterocycles. The van der Waals surface area contributed by atoms with Crippen molar-refractivity contribution >= 4 is 23.6 Å². The molecule has 8 nitrogen and oxygen atoms in total. The highest BCUT2D eigenvalue weighted by atomic mass is 16.2. The van der Waals surface area contributed by atoms with Crippen LogP contribution in [0.15, 0.2) is 0 Å². The van der Waals surface area contributed by atoms with E-state index in [2.05, 4.69) is 5.32 Å². The van der Waals surface area contributed by atoms with Gasteiger partial charge in [0.25, 0.3) is 5.91 Å². The molecule has 0 aromatic heterocycles. The van der Waals surface area contributed by atoms with E-state index in [0.29, 0.717) is 0 Å². The number of nitrogens with zero attached hydrogens (tertiary/aromatic N) is 1. The Hall–Kier alpha value is -1.96. The molecule has 1 atom stereocenters. The summed E-state index contributed by atoms with van der Waals surface area (Å²) in [7, 11) is 1.31. The van der Waals surface area contributed by atoms with Crippen molar-refractivity contribution in [3.05, 3.63) is 0 Å². The maximum absolute atomic E-state index is 11.3. The summed E-state index contributed by atoms with van der Waals surface area (Å²) >= 11 is 0. The maximum atomic E-state index is 11.3. The number of rotatable bonds is 1. The first-order chi connectivity index (χ1) is 6.97. The molecular weight excluding hydrogens is 204 g/mol. The van der Waals surface area contributed by atoms with Crippen molar-refractivity contribution in [1.82, 2.24) is 15.6 Å². The molecule has 0 saturated carbocycles. The van der Waals surface area contributed by atoms with Crippen LogP contribution in [0.5, 0.6) is 0 Å². The number of carbonyl (C=O) groups is 4. The van der Waals surface area contributed by atoms with E-state index in [1.54, 1.807) is 5.43 Å². The summed E-state index contributed by atoms with van der Waals surface area (Å²) in [6.07, 6.45) is -0.140. The number of hydrogen-bond acceptors (Lipinski definition) is 5. The summed E-state index contributed by atoms with van der Waals surface area (Å²) in [6.45, 7) is 0. The molecule has 0 aromatic carbocycles. The summed E-state index contributed by atoms with van der Waals surface area (Å²) in [5.74, 6) is 1.66. The molecule has 4 amide bonds. The molecule has 1 aliphatic rings. The van der Waals surface area contributed by atoms with Crippen LogP contribution in [-0.2, 0) is 19.2 Å². The van der Waals surface area contributed by atoms with Crippen LogP contribution >= 0.6 is 0 Å². The van der Waals surface area contributed by atoms with E-state index in [0.717, 1.165) is 4.90 Å². The van der Waals surface area contributed by atoms with E-state index in [4.69, 9.17) is 5.84 Å². The lowest BCUT2D eigenvalue weighted by molar-refractivity contribution is -0.141. The lowest BCUT2D eigenvalue weighted by atomic mass is 10.2. The van der Waals surface area contributed by atoms with Crippen LogP contribution < -0.4 is 16.6 Å². The standard InChI is InChI=1S/C7H10N4O4/c1-11-4(12)2-3(7(11)15)9-5(13)6(14)10-8/h3H,2,8H2,1H3,(H,9,13)(H,10,14). The predicted molar refractivity (Wildman–Crippen MR) is 46.7 cm³/mol. The molecule has 4 N–H and O–H groups in total. The van der Waals surface area contributed by atoms with Crippen molar-refractivity contribution in [2.75, 3.05) is 7.05 Å². The van der Waals surface area contributed by atoms with E-state index in [1.165, 1.54) is 7.05 Å². The molecule has 0 bridgehead atoms. The summed E-state index contributed by atoms with van der Waals surface area (Å²) in [5.41, 5.74) is 1.62. The molecule has 0 aliphatic carbocycles. The Morgan fingerprint density at radius 1 is 1.40 bits per heavy atom. The fourth-order valence-corrected chi connectivity index (χ4v) is 1.16. The van der Waals surface area contributed by atoms with Gasteiger partial charge in [-0.05, 0) is 0 Å². The molecular formula is C7H10N4O4. The number of imide groups is 1. The lowest BCUT2D eigenvalue weighted by Crippen LogP contribution is -2.48. The molecule has 1 unspecified atom stereocenters. The second-order valence-corrected chi connectivity index (χ2v) is 2.99. The zero-order valence-electron chi connectivity index (χ0n) is 7.94. The van der Waals surface area contributed by atoms with Crippen LogP contribution in [0.4, 0.5) is 0 Å². The number of hydrazine groups is 1. The summed E-state index contributed by atoms with van der Waals surface area (Å²) in [5, 5.41) is 2.10. The van der Waals surface area contributed by atoms with E-state index >= 15 is 0 Å². The number of likely N-dealkylation sites (N-methyl/N-ethyl adjacent to an activating group) is 1. The maximum Gasteiger partial charge on any atom is 0.323 e. The van der Waals surface area contributed by atoms with Gasteiger partial charge in [-0.2, -0.15) is 0 Å². The Balaban J connectivity index is 2.61. The molecule has 0 radical (unpaired) electrons. The minimum Gasteiger partial charge on any atom is -0.335 e. The Kier molecular flexibility index (Phi) is 3.00. The molecule has 82 valence electrons. The van der Waals surface area contributed by atoms with Gasteiger partial charge in [0.2, 0.25) is 5.91 Å². The second-order valence-electron chi connectivity index (χ2n) is 2.99. The highest BCUT2D eigenvalue weighted by Gasteiger charge is 2.37. The van der Waals surface area contributed by atoms with Crippen LogP contribution in [0.3, 0.4) is 0 Å². The first-order valence-corrected chi connectivity index (χ1v) is 4.09. The van der Waals surface area contributed by atoms with Crippen molar-refractivity contribution < 1.29 is 19.2 Å². The van der Waals surface area contributed by atoms with Gasteiger partial charge in [0.15, 0.2) is 0 Å². The van der Waals surface area contributed by atoms with Gasteiger partial charge in [0, 0.05) is 7.05 Å². The van der Waals surface area contributed by atoms with Crippen LogP contribution in [0.2, 0.25) is 0 Å². The molecule has 1 saturated heterocycles. The zero-order chi connectivity index (χ0) is 11.6. The van der Waals surface area contributed by atoms with Crippen molar-refractivity contribution in [2.24, 2.45) is 5.84 Å². The number of hydrogen-bond donors (Lipinski definition) is 3. The Morgan fingerprint density at radius 2 is 2.00 bits per heavy atom. The molecule has 8 heteroatoms. The van der Waals surface area contributed by atoms with Gasteiger partial charge >= 0.3 is 11.8 Å². The molecule has 1 rings (SSSR count). The van der Waals surface area contributed by atoms with Crippen molar-refractivity contribution in [1.29, 1.82) is 0 Å². The van der Waals surface area contributed by atoms with Crippen LogP contribution in [0.1, 0.15) is 6.42 Å². The van der Waals surface area contributed by atoms with Crippen LogP contribution in [0, 0.1) is 0 Å². The molecule has 1 heterocycles. The van der Waals surface area contributed by atoms with E-state index in [-0.39, 0.29) is 6.42 Å². The summed E-state index contributed by atoms with van der Waals surface area (Å²) in [6, 6.07) is -0.979. The minimum atomic E-state index is -1.06. The number of carbonyl (C=O) groups excluding carboxylic acids is 4. The molecule has 15 heavy (non-hydrogen) atoms. The zero-order valence-corrected chi connectivity index (χ0v) is 7.94. The monoisotopic (exact) mass is 214 g/mol. The van der Waals surface area contributed by atoms with Crippen molar-refractivity contribution in [3.8, 4) is 0 Å². The first-order valence-electron chi connectivity index (χ1n) is 4.09. The van der Waals surface area contributed by atoms with Gasteiger partial charge in [0.05, 0.1) is 6.42 Å². The van der Waals surface area contributed by atoms with E-state index < -0.39 is 29.7 Å². The van der Waals surface area contributed by atoms with Crippen molar-refractivity contribution in [2.45, 2.75) is 12.5 Å². The average Bonchev–Trinajstić information content (AvgIpc) is 2.45. The van der Waals surface area contributed by atoms with Crippen LogP contribution in [-0.4, -0.2) is 41.6 Å². The van der Waals surface area contributed by atoms with Gasteiger partial charge in [-0.25, -0.2) is 5.84 Å². The van der Waals surface area contributed by atoms with Crippen molar-refractivity contribution in [3.63, 3.8) is 0 Å². The highest BCUT2D eigenvalue weighted by Crippen LogP contribution is 2.09. The Bertz CT molecular complexity index is 340. The van der Waals surface area contributed by atoms with Gasteiger partial charge in [-0.15, -0.1) is 0 Å². The van der Waals surface area contributed by atoms with Gasteiger partial charge in [-0.1, -0.05) is 0 Å². The third kappa shape index (κ3) is 2.10. The highest BCUT2D eigenvalue weighted by molar-refractivity contribution is 6.35. The first kappa shape index (κ1) is 11.1. The Labute approximate surface area is 84.7 Å². The van der Waals surface area contributed by atoms with Gasteiger partial charge in [0.1, 0.15) is 6.04 Å². The molecule has 0 spiro atoms. The average molecular weight is 214 g/mol. The summed E-state index contributed by atoms with van der Waals surface area (Å²) < 4.78 is 0. The van der Waals surface area contributed by atoms with E-state index in [9.17, 15) is 19.2 Å². The number of likely N-dealkylation sites (tertiary alicyclic amines) is 1. The SMILES string of the molecule is CN1C(=O)CC(NC(=O)C(=O)NN)C1=O. The fraction of sp³-hybridized carbons (Fsp3) is 0.429. The topological polar surface area (TPSA) is 122 Å². The van der Waals surface area contributed by atoms with Gasteiger partial charge in [-0.3, -0.25) is 29.5 Å². The third-order valence-electron chi connectivity index (χ3n) is 2.02. The number of amides is 4. The quantitative estimate of drug-likeness (QED) is 0.140.